The first-order chi connectivity index (χ1) is 12.1. The van der Waals surface area contributed by atoms with Gasteiger partial charge in [0.05, 0.1) is 5.56 Å². The SMILES string of the molecule is CCN(CC)C(=O)Oc1ccc2c(c1)O/C(=C\c1ccccc1)C2=O. The summed E-state index contributed by atoms with van der Waals surface area (Å²) in [5, 5.41) is 0. The minimum absolute atomic E-state index is 0.180. The van der Waals surface area contributed by atoms with Gasteiger partial charge >= 0.3 is 6.09 Å². The molecule has 128 valence electrons. The molecule has 0 aliphatic carbocycles. The van der Waals surface area contributed by atoms with Crippen LogP contribution in [0.3, 0.4) is 0 Å². The Morgan fingerprint density at radius 1 is 1.12 bits per heavy atom. The number of Topliss-reactive ketones (excluding diaryl/α,β-unsaturated/α-hetero) is 1. The van der Waals surface area contributed by atoms with Crippen molar-refractivity contribution in [2.75, 3.05) is 13.1 Å². The average molecular weight is 337 g/mol. The smallest absolute Gasteiger partial charge is 0.415 e. The molecule has 0 unspecified atom stereocenters. The molecule has 1 aliphatic heterocycles. The maximum absolute atomic E-state index is 12.4. The van der Waals surface area contributed by atoms with Gasteiger partial charge < -0.3 is 14.4 Å². The van der Waals surface area contributed by atoms with Crippen molar-refractivity contribution in [1.82, 2.24) is 4.90 Å². The van der Waals surface area contributed by atoms with Crippen LogP contribution in [0.25, 0.3) is 6.08 Å². The second kappa shape index (κ2) is 7.21. The van der Waals surface area contributed by atoms with Gasteiger partial charge in [0.25, 0.3) is 0 Å². The Hall–Kier alpha value is -3.08. The first-order valence-corrected chi connectivity index (χ1v) is 8.22. The van der Waals surface area contributed by atoms with Crippen LogP contribution < -0.4 is 9.47 Å². The van der Waals surface area contributed by atoms with E-state index in [0.29, 0.717) is 30.2 Å². The molecule has 5 heteroatoms. The summed E-state index contributed by atoms with van der Waals surface area (Å²) in [6, 6.07) is 14.3. The summed E-state index contributed by atoms with van der Waals surface area (Å²) in [4.78, 5) is 26.0. The summed E-state index contributed by atoms with van der Waals surface area (Å²) < 4.78 is 11.0. The number of carbonyl (C=O) groups excluding carboxylic acids is 2. The zero-order valence-electron chi connectivity index (χ0n) is 14.2. The predicted molar refractivity (Wildman–Crippen MR) is 94.8 cm³/mol. The summed E-state index contributed by atoms with van der Waals surface area (Å²) >= 11 is 0. The van der Waals surface area contributed by atoms with Crippen LogP contribution in [0.4, 0.5) is 4.79 Å². The molecule has 0 saturated carbocycles. The molecule has 1 aliphatic rings. The van der Waals surface area contributed by atoms with Crippen LogP contribution in [0.5, 0.6) is 11.5 Å². The maximum Gasteiger partial charge on any atom is 0.415 e. The fourth-order valence-corrected chi connectivity index (χ4v) is 2.58. The van der Waals surface area contributed by atoms with Crippen molar-refractivity contribution in [1.29, 1.82) is 0 Å². The van der Waals surface area contributed by atoms with E-state index in [1.165, 1.54) is 0 Å². The molecule has 0 aromatic heterocycles. The third kappa shape index (κ3) is 3.55. The summed E-state index contributed by atoms with van der Waals surface area (Å²) in [5.41, 5.74) is 1.34. The number of nitrogens with zero attached hydrogens (tertiary/aromatic N) is 1. The molecule has 1 amide bonds. The summed E-state index contributed by atoms with van der Waals surface area (Å²) in [6.45, 7) is 4.91. The van der Waals surface area contributed by atoms with E-state index in [2.05, 4.69) is 0 Å². The van der Waals surface area contributed by atoms with Crippen molar-refractivity contribution in [3.05, 3.63) is 65.4 Å². The average Bonchev–Trinajstić information content (AvgIpc) is 2.92. The van der Waals surface area contributed by atoms with E-state index in [9.17, 15) is 9.59 Å². The van der Waals surface area contributed by atoms with Gasteiger partial charge in [0.1, 0.15) is 11.5 Å². The van der Waals surface area contributed by atoms with E-state index in [-0.39, 0.29) is 11.5 Å². The topological polar surface area (TPSA) is 55.8 Å². The quantitative estimate of drug-likeness (QED) is 0.787. The molecule has 0 saturated heterocycles. The zero-order valence-corrected chi connectivity index (χ0v) is 14.2. The highest BCUT2D eigenvalue weighted by Crippen LogP contribution is 2.35. The van der Waals surface area contributed by atoms with Crippen molar-refractivity contribution in [2.45, 2.75) is 13.8 Å². The van der Waals surface area contributed by atoms with Gasteiger partial charge in [-0.1, -0.05) is 30.3 Å². The molecular weight excluding hydrogens is 318 g/mol. The van der Waals surface area contributed by atoms with Crippen LogP contribution in [0.2, 0.25) is 0 Å². The van der Waals surface area contributed by atoms with Gasteiger partial charge in [-0.25, -0.2) is 4.79 Å². The lowest BCUT2D eigenvalue weighted by molar-refractivity contribution is 0.101. The standard InChI is InChI=1S/C20H19NO4/c1-3-21(4-2)20(23)24-15-10-11-16-17(13-15)25-18(19(16)22)12-14-8-6-5-7-9-14/h5-13H,3-4H2,1-2H3/b18-12-. The Bertz CT molecular complexity index is 823. The Morgan fingerprint density at radius 3 is 2.52 bits per heavy atom. The van der Waals surface area contributed by atoms with Crippen LogP contribution in [-0.2, 0) is 0 Å². The first kappa shape index (κ1) is 16.8. The van der Waals surface area contributed by atoms with Gasteiger partial charge in [-0.15, -0.1) is 0 Å². The Balaban J connectivity index is 1.80. The van der Waals surface area contributed by atoms with E-state index in [1.807, 2.05) is 44.2 Å². The number of benzene rings is 2. The zero-order chi connectivity index (χ0) is 17.8. The van der Waals surface area contributed by atoms with Crippen LogP contribution in [-0.4, -0.2) is 29.9 Å². The summed E-state index contributed by atoms with van der Waals surface area (Å²) in [5.74, 6) is 0.829. The molecular formula is C20H19NO4. The van der Waals surface area contributed by atoms with Gasteiger partial charge in [0, 0.05) is 19.2 Å². The number of hydrogen-bond acceptors (Lipinski definition) is 4. The largest absolute Gasteiger partial charge is 0.452 e. The molecule has 5 nitrogen and oxygen atoms in total. The van der Waals surface area contributed by atoms with Gasteiger partial charge in [0.2, 0.25) is 5.78 Å². The molecule has 0 atom stereocenters. The normalized spacial score (nSPS) is 14.2. The van der Waals surface area contributed by atoms with Crippen LogP contribution >= 0.6 is 0 Å². The highest BCUT2D eigenvalue weighted by molar-refractivity contribution is 6.14. The van der Waals surface area contributed by atoms with Gasteiger partial charge in [-0.3, -0.25) is 4.79 Å². The van der Waals surface area contributed by atoms with E-state index < -0.39 is 6.09 Å². The second-order valence-corrected chi connectivity index (χ2v) is 5.55. The molecule has 0 bridgehead atoms. The fourth-order valence-electron chi connectivity index (χ4n) is 2.58. The number of fused-ring (bicyclic) bond motifs is 1. The first-order valence-electron chi connectivity index (χ1n) is 8.22. The number of allylic oxidation sites excluding steroid dienone is 1. The molecule has 3 rings (SSSR count). The number of amides is 1. The number of rotatable bonds is 4. The highest BCUT2D eigenvalue weighted by atomic mass is 16.6. The van der Waals surface area contributed by atoms with Crippen LogP contribution in [0.15, 0.2) is 54.3 Å². The minimum atomic E-state index is -0.422. The maximum atomic E-state index is 12.4. The van der Waals surface area contributed by atoms with Gasteiger partial charge in [0.15, 0.2) is 5.76 Å². The van der Waals surface area contributed by atoms with E-state index in [1.54, 1.807) is 29.2 Å². The molecule has 0 radical (unpaired) electrons. The lowest BCUT2D eigenvalue weighted by atomic mass is 10.1. The monoisotopic (exact) mass is 337 g/mol. The third-order valence-corrected chi connectivity index (χ3v) is 3.97. The number of ketones is 1. The number of ether oxygens (including phenoxy) is 2. The lowest BCUT2D eigenvalue weighted by Crippen LogP contribution is -2.33. The number of carbonyl (C=O) groups is 2. The van der Waals surface area contributed by atoms with E-state index in [0.717, 1.165) is 5.56 Å². The molecule has 1 heterocycles. The number of hydrogen-bond donors (Lipinski definition) is 0. The molecule has 0 N–H and O–H groups in total. The van der Waals surface area contributed by atoms with Gasteiger partial charge in [-0.05, 0) is 37.6 Å². The van der Waals surface area contributed by atoms with E-state index in [4.69, 9.17) is 9.47 Å². The molecule has 2 aromatic carbocycles. The Morgan fingerprint density at radius 2 is 1.84 bits per heavy atom. The van der Waals surface area contributed by atoms with E-state index >= 15 is 0 Å². The molecule has 25 heavy (non-hydrogen) atoms. The van der Waals surface area contributed by atoms with Crippen molar-refractivity contribution in [2.24, 2.45) is 0 Å². The summed E-state index contributed by atoms with van der Waals surface area (Å²) in [7, 11) is 0. The van der Waals surface area contributed by atoms with Crippen LogP contribution in [0.1, 0.15) is 29.8 Å². The van der Waals surface area contributed by atoms with Gasteiger partial charge in [-0.2, -0.15) is 0 Å². The van der Waals surface area contributed by atoms with Crippen molar-refractivity contribution in [3.8, 4) is 11.5 Å². The predicted octanol–water partition coefficient (Wildman–Crippen LogP) is 4.14. The summed E-state index contributed by atoms with van der Waals surface area (Å²) in [6.07, 6.45) is 1.28. The van der Waals surface area contributed by atoms with Crippen molar-refractivity contribution >= 4 is 18.0 Å². The van der Waals surface area contributed by atoms with Crippen LogP contribution in [0, 0.1) is 0 Å². The fraction of sp³-hybridized carbons (Fsp3) is 0.200. The lowest BCUT2D eigenvalue weighted by Gasteiger charge is -2.17. The molecule has 0 spiro atoms. The van der Waals surface area contributed by atoms with Crippen molar-refractivity contribution in [3.63, 3.8) is 0 Å². The Labute approximate surface area is 146 Å². The molecule has 0 fully saturated rings. The Kier molecular flexibility index (Phi) is 4.84. The molecule has 2 aromatic rings. The minimum Gasteiger partial charge on any atom is -0.452 e. The second-order valence-electron chi connectivity index (χ2n) is 5.55. The van der Waals surface area contributed by atoms with Crippen molar-refractivity contribution < 1.29 is 19.1 Å². The third-order valence-electron chi connectivity index (χ3n) is 3.97. The highest BCUT2D eigenvalue weighted by Gasteiger charge is 2.28.